The van der Waals surface area contributed by atoms with Crippen molar-refractivity contribution in [1.29, 1.82) is 0 Å². The maximum Gasteiger partial charge on any atom is 0.0240 e. The topological polar surface area (TPSA) is 15.3 Å². The third kappa shape index (κ3) is 3.28. The Morgan fingerprint density at radius 3 is 2.72 bits per heavy atom. The Morgan fingerprint density at radius 1 is 1.28 bits per heavy atom. The molecule has 0 spiro atoms. The van der Waals surface area contributed by atoms with Gasteiger partial charge in [0.2, 0.25) is 0 Å². The Hall–Kier alpha value is -0.510. The molecule has 1 saturated heterocycles. The fourth-order valence-corrected chi connectivity index (χ4v) is 3.67. The zero-order chi connectivity index (χ0) is 13.0. The van der Waals surface area contributed by atoms with E-state index >= 15 is 0 Å². The molecule has 1 heterocycles. The molecule has 1 N–H and O–H groups in total. The second-order valence-corrected chi connectivity index (χ2v) is 6.57. The molecule has 0 radical (unpaired) electrons. The monoisotopic (exact) mass is 264 g/mol. The number of rotatable bonds is 4. The molecule has 18 heavy (non-hydrogen) atoms. The molecule has 3 heteroatoms. The summed E-state index contributed by atoms with van der Waals surface area (Å²) in [5.41, 5.74) is 2.90. The summed E-state index contributed by atoms with van der Waals surface area (Å²) in [7, 11) is 2.01. The third-order valence-electron chi connectivity index (χ3n) is 3.87. The number of nitrogens with zero attached hydrogens (tertiary/aromatic N) is 1. The summed E-state index contributed by atoms with van der Waals surface area (Å²) in [6, 6.07) is 9.46. The van der Waals surface area contributed by atoms with Gasteiger partial charge in [-0.2, -0.15) is 11.8 Å². The van der Waals surface area contributed by atoms with E-state index in [1.807, 2.05) is 7.05 Å². The van der Waals surface area contributed by atoms with E-state index in [-0.39, 0.29) is 0 Å². The quantitative estimate of drug-likeness (QED) is 0.900. The van der Waals surface area contributed by atoms with Gasteiger partial charge in [0.1, 0.15) is 0 Å². The largest absolute Gasteiger partial charge is 0.316 e. The second-order valence-electron chi connectivity index (χ2n) is 5.09. The predicted molar refractivity (Wildman–Crippen MR) is 81.0 cm³/mol. The van der Waals surface area contributed by atoms with E-state index in [4.69, 9.17) is 0 Å². The van der Waals surface area contributed by atoms with Crippen molar-refractivity contribution in [3.63, 3.8) is 0 Å². The Kier molecular flexibility index (Phi) is 5.10. The van der Waals surface area contributed by atoms with Gasteiger partial charge >= 0.3 is 0 Å². The Bertz CT molecular complexity index is 381. The van der Waals surface area contributed by atoms with Crippen LogP contribution in [-0.2, 0) is 13.1 Å². The van der Waals surface area contributed by atoms with Crippen molar-refractivity contribution in [2.24, 2.45) is 0 Å². The van der Waals surface area contributed by atoms with Crippen LogP contribution in [-0.4, -0.2) is 35.5 Å². The molecule has 1 aliphatic rings. The van der Waals surface area contributed by atoms with E-state index < -0.39 is 0 Å². The number of nitrogens with one attached hydrogen (secondary N) is 1. The van der Waals surface area contributed by atoms with Gasteiger partial charge in [-0.25, -0.2) is 0 Å². The molecule has 2 unspecified atom stereocenters. The molecule has 0 aliphatic carbocycles. The Labute approximate surface area is 115 Å². The van der Waals surface area contributed by atoms with Crippen LogP contribution in [0.15, 0.2) is 24.3 Å². The maximum absolute atomic E-state index is 3.26. The lowest BCUT2D eigenvalue weighted by atomic mass is 10.1. The maximum atomic E-state index is 3.26. The Morgan fingerprint density at radius 2 is 2.00 bits per heavy atom. The third-order valence-corrected chi connectivity index (χ3v) is 5.21. The highest BCUT2D eigenvalue weighted by Crippen LogP contribution is 2.26. The molecule has 1 aliphatic heterocycles. The molecule has 0 saturated carbocycles. The van der Waals surface area contributed by atoms with Gasteiger partial charge in [-0.15, -0.1) is 0 Å². The molecule has 100 valence electrons. The molecule has 0 bridgehead atoms. The van der Waals surface area contributed by atoms with Crippen molar-refractivity contribution < 1.29 is 0 Å². The van der Waals surface area contributed by atoms with E-state index in [2.05, 4.69) is 60.1 Å². The van der Waals surface area contributed by atoms with Crippen LogP contribution in [0.3, 0.4) is 0 Å². The SMILES string of the molecule is CNCc1ccccc1CN1CCSC(C)C1C. The lowest BCUT2D eigenvalue weighted by molar-refractivity contribution is 0.204. The summed E-state index contributed by atoms with van der Waals surface area (Å²) in [6.07, 6.45) is 0. The standard InChI is InChI=1S/C15H24N2S/c1-12-13(2)18-9-8-17(12)11-15-7-5-4-6-14(15)10-16-3/h4-7,12-13,16H,8-11H2,1-3H3. The first-order valence-electron chi connectivity index (χ1n) is 6.79. The van der Waals surface area contributed by atoms with Crippen LogP contribution < -0.4 is 5.32 Å². The summed E-state index contributed by atoms with van der Waals surface area (Å²) in [4.78, 5) is 2.62. The van der Waals surface area contributed by atoms with Crippen molar-refractivity contribution in [1.82, 2.24) is 10.2 Å². The molecule has 2 rings (SSSR count). The summed E-state index contributed by atoms with van der Waals surface area (Å²) >= 11 is 2.10. The van der Waals surface area contributed by atoms with Crippen LogP contribution >= 0.6 is 11.8 Å². The van der Waals surface area contributed by atoms with E-state index in [9.17, 15) is 0 Å². The minimum atomic E-state index is 0.673. The molecular weight excluding hydrogens is 240 g/mol. The minimum absolute atomic E-state index is 0.673. The summed E-state index contributed by atoms with van der Waals surface area (Å²) in [5, 5.41) is 4.00. The van der Waals surface area contributed by atoms with Gasteiger partial charge in [0.15, 0.2) is 0 Å². The lowest BCUT2D eigenvalue weighted by Gasteiger charge is -2.37. The lowest BCUT2D eigenvalue weighted by Crippen LogP contribution is -2.44. The van der Waals surface area contributed by atoms with Crippen LogP contribution in [0.25, 0.3) is 0 Å². The highest BCUT2D eigenvalue weighted by Gasteiger charge is 2.25. The van der Waals surface area contributed by atoms with Crippen molar-refractivity contribution in [3.05, 3.63) is 35.4 Å². The molecule has 0 aromatic heterocycles. The summed E-state index contributed by atoms with van der Waals surface area (Å²) < 4.78 is 0. The van der Waals surface area contributed by atoms with Gasteiger partial charge in [-0.1, -0.05) is 31.2 Å². The van der Waals surface area contributed by atoms with E-state index in [0.29, 0.717) is 6.04 Å². The average molecular weight is 264 g/mol. The average Bonchev–Trinajstić information content (AvgIpc) is 2.37. The fourth-order valence-electron chi connectivity index (χ4n) is 2.51. The van der Waals surface area contributed by atoms with Gasteiger partial charge in [-0.05, 0) is 25.1 Å². The van der Waals surface area contributed by atoms with Gasteiger partial charge in [0, 0.05) is 36.7 Å². The zero-order valence-electron chi connectivity index (χ0n) is 11.6. The minimum Gasteiger partial charge on any atom is -0.316 e. The van der Waals surface area contributed by atoms with E-state index in [0.717, 1.165) is 18.3 Å². The normalized spacial score (nSPS) is 25.3. The zero-order valence-corrected chi connectivity index (χ0v) is 12.5. The molecule has 1 fully saturated rings. The number of hydrogen-bond donors (Lipinski definition) is 1. The highest BCUT2D eigenvalue weighted by molar-refractivity contribution is 8.00. The Balaban J connectivity index is 2.08. The van der Waals surface area contributed by atoms with Gasteiger partial charge < -0.3 is 5.32 Å². The second kappa shape index (κ2) is 6.60. The predicted octanol–water partition coefficient (Wildman–Crippen LogP) is 2.73. The number of hydrogen-bond acceptors (Lipinski definition) is 3. The first-order valence-corrected chi connectivity index (χ1v) is 7.84. The van der Waals surface area contributed by atoms with Crippen LogP contribution in [0, 0.1) is 0 Å². The van der Waals surface area contributed by atoms with Crippen LogP contribution in [0.4, 0.5) is 0 Å². The summed E-state index contributed by atoms with van der Waals surface area (Å²) in [6.45, 7) is 7.97. The van der Waals surface area contributed by atoms with Crippen molar-refractivity contribution in [3.8, 4) is 0 Å². The number of thioether (sulfide) groups is 1. The first kappa shape index (κ1) is 13.9. The van der Waals surface area contributed by atoms with Crippen LogP contribution in [0.2, 0.25) is 0 Å². The smallest absolute Gasteiger partial charge is 0.0240 e. The van der Waals surface area contributed by atoms with Crippen LogP contribution in [0.1, 0.15) is 25.0 Å². The van der Waals surface area contributed by atoms with Gasteiger partial charge in [0.05, 0.1) is 0 Å². The molecule has 2 atom stereocenters. The number of benzene rings is 1. The molecule has 0 amide bonds. The van der Waals surface area contributed by atoms with E-state index in [1.54, 1.807) is 0 Å². The highest BCUT2D eigenvalue weighted by atomic mass is 32.2. The molecule has 1 aromatic rings. The first-order chi connectivity index (χ1) is 8.72. The van der Waals surface area contributed by atoms with Crippen molar-refractivity contribution >= 4 is 11.8 Å². The van der Waals surface area contributed by atoms with Crippen molar-refractivity contribution in [2.45, 2.75) is 38.2 Å². The van der Waals surface area contributed by atoms with Crippen molar-refractivity contribution in [2.75, 3.05) is 19.3 Å². The van der Waals surface area contributed by atoms with Gasteiger partial charge in [-0.3, -0.25) is 4.90 Å². The molecular formula is C15H24N2S. The summed E-state index contributed by atoms with van der Waals surface area (Å²) in [5.74, 6) is 1.26. The van der Waals surface area contributed by atoms with E-state index in [1.165, 1.54) is 23.4 Å². The van der Waals surface area contributed by atoms with Gasteiger partial charge in [0.25, 0.3) is 0 Å². The molecule has 2 nitrogen and oxygen atoms in total. The fraction of sp³-hybridized carbons (Fsp3) is 0.600. The molecule has 1 aromatic carbocycles. The van der Waals surface area contributed by atoms with Crippen LogP contribution in [0.5, 0.6) is 0 Å².